The number of aromatic nitrogens is 2. The molecule has 0 aliphatic heterocycles. The van der Waals surface area contributed by atoms with Gasteiger partial charge in [0.2, 0.25) is 0 Å². The van der Waals surface area contributed by atoms with Crippen molar-refractivity contribution >= 4 is 98.3 Å². The lowest BCUT2D eigenvalue weighted by atomic mass is 10.0. The molecule has 2 nitrogen and oxygen atoms in total. The first-order valence-corrected chi connectivity index (χ1v) is 19.4. The predicted octanol–water partition coefficient (Wildman–Crippen LogP) is 11.0. The summed E-state index contributed by atoms with van der Waals surface area (Å²) in [7, 11) is 3.57. The Labute approximate surface area is 280 Å². The highest BCUT2D eigenvalue weighted by molar-refractivity contribution is 7.58. The standard InChI is InChI=1S/C42H27N2PSSi/c45-47-29-21-22-32-36-24-35-31-11-4-6-15-37(31)43(39(35)25-40(36)44(38(32)23-29)27-9-2-1-3-10-27)28-19-17-26(18-20-28)30-13-8-14-34-33-12-5-7-16-41(33)46-42(30)34/h1-25H,45H2. The van der Waals surface area contributed by atoms with E-state index in [0.717, 1.165) is 5.69 Å². The average Bonchev–Trinajstić information content (AvgIpc) is 3.78. The molecule has 0 spiro atoms. The maximum absolute atomic E-state index is 2.91. The van der Waals surface area contributed by atoms with Crippen molar-refractivity contribution in [2.45, 2.75) is 0 Å². The molecule has 47 heavy (non-hydrogen) atoms. The molecule has 10 aromatic rings. The van der Waals surface area contributed by atoms with E-state index in [1.165, 1.54) is 85.8 Å². The van der Waals surface area contributed by atoms with Crippen molar-refractivity contribution in [2.75, 3.05) is 0 Å². The minimum atomic E-state index is 0.669. The summed E-state index contributed by atoms with van der Waals surface area (Å²) in [6.07, 6.45) is 0. The van der Waals surface area contributed by atoms with Crippen molar-refractivity contribution in [3.8, 4) is 22.5 Å². The lowest BCUT2D eigenvalue weighted by Crippen LogP contribution is -2.07. The van der Waals surface area contributed by atoms with Crippen LogP contribution in [0, 0.1) is 0 Å². The summed E-state index contributed by atoms with van der Waals surface area (Å²) in [5.74, 6) is 0. The van der Waals surface area contributed by atoms with Gasteiger partial charge in [0, 0.05) is 53.1 Å². The molecule has 220 valence electrons. The van der Waals surface area contributed by atoms with E-state index in [1.807, 2.05) is 11.3 Å². The second-order valence-electron chi connectivity index (χ2n) is 12.1. The molecule has 0 saturated carbocycles. The van der Waals surface area contributed by atoms with Gasteiger partial charge in [-0.3, -0.25) is 0 Å². The summed E-state index contributed by atoms with van der Waals surface area (Å²) in [5, 5.41) is 9.12. The number of rotatable bonds is 4. The van der Waals surface area contributed by atoms with E-state index in [2.05, 4.69) is 170 Å². The number of benzene rings is 7. The Bertz CT molecular complexity index is 2830. The Hall–Kier alpha value is -4.99. The number of hydrogen-bond donors (Lipinski definition) is 0. The molecule has 10 rings (SSSR count). The maximum Gasteiger partial charge on any atom is 0.109 e. The molecule has 3 heterocycles. The molecule has 2 radical (unpaired) electrons. The molecule has 0 N–H and O–H groups in total. The maximum atomic E-state index is 2.91. The highest BCUT2D eigenvalue weighted by atomic mass is 32.1. The zero-order valence-corrected chi connectivity index (χ0v) is 28.3. The van der Waals surface area contributed by atoms with Gasteiger partial charge >= 0.3 is 0 Å². The molecule has 0 aliphatic carbocycles. The third-order valence-electron chi connectivity index (χ3n) is 9.58. The molecule has 7 aromatic carbocycles. The van der Waals surface area contributed by atoms with Gasteiger partial charge in [0.15, 0.2) is 0 Å². The summed E-state index contributed by atoms with van der Waals surface area (Å²) < 4.78 is 7.56. The molecular weight excluding hydrogens is 624 g/mol. The molecule has 0 bridgehead atoms. The third kappa shape index (κ3) is 4.06. The van der Waals surface area contributed by atoms with Crippen molar-refractivity contribution < 1.29 is 0 Å². The van der Waals surface area contributed by atoms with Gasteiger partial charge in [-0.15, -0.1) is 20.1 Å². The smallest absolute Gasteiger partial charge is 0.109 e. The van der Waals surface area contributed by atoms with Gasteiger partial charge in [-0.2, -0.15) is 0 Å². The fourth-order valence-corrected chi connectivity index (χ4v) is 9.64. The molecule has 1 atom stereocenters. The number of hydrogen-bond acceptors (Lipinski definition) is 1. The summed E-state index contributed by atoms with van der Waals surface area (Å²) >= 11 is 1.88. The van der Waals surface area contributed by atoms with Crippen LogP contribution < -0.4 is 5.19 Å². The van der Waals surface area contributed by atoms with Crippen LogP contribution in [0.1, 0.15) is 0 Å². The van der Waals surface area contributed by atoms with Crippen LogP contribution >= 0.6 is 20.1 Å². The van der Waals surface area contributed by atoms with Crippen LogP contribution in [0.4, 0.5) is 0 Å². The van der Waals surface area contributed by atoms with Gasteiger partial charge in [-0.05, 0) is 65.7 Å². The topological polar surface area (TPSA) is 9.86 Å². The summed E-state index contributed by atoms with van der Waals surface area (Å²) in [6.45, 7) is 0. The number of thiophene rings is 1. The van der Waals surface area contributed by atoms with E-state index < -0.39 is 0 Å². The van der Waals surface area contributed by atoms with Crippen molar-refractivity contribution in [1.82, 2.24) is 9.13 Å². The minimum Gasteiger partial charge on any atom is -0.309 e. The largest absolute Gasteiger partial charge is 0.309 e. The van der Waals surface area contributed by atoms with Crippen LogP contribution in [0.2, 0.25) is 0 Å². The Morgan fingerprint density at radius 1 is 0.447 bits per heavy atom. The van der Waals surface area contributed by atoms with Gasteiger partial charge in [0.1, 0.15) is 9.19 Å². The first-order chi connectivity index (χ1) is 23.3. The zero-order valence-electron chi connectivity index (χ0n) is 25.3. The Kier molecular flexibility index (Phi) is 6.07. The van der Waals surface area contributed by atoms with Gasteiger partial charge in [-0.1, -0.05) is 102 Å². The number of para-hydroxylation sites is 2. The summed E-state index contributed by atoms with van der Waals surface area (Å²) in [5.41, 5.74) is 9.78. The second-order valence-corrected chi connectivity index (χ2v) is 14.9. The van der Waals surface area contributed by atoms with E-state index >= 15 is 0 Å². The van der Waals surface area contributed by atoms with Gasteiger partial charge < -0.3 is 9.13 Å². The van der Waals surface area contributed by atoms with Crippen LogP contribution in [0.3, 0.4) is 0 Å². The normalized spacial score (nSPS) is 12.0. The number of fused-ring (bicyclic) bond motifs is 9. The van der Waals surface area contributed by atoms with Gasteiger partial charge in [0.25, 0.3) is 0 Å². The zero-order chi connectivity index (χ0) is 31.1. The molecule has 3 aromatic heterocycles. The fraction of sp³-hybridized carbons (Fsp3) is 0. The third-order valence-corrected chi connectivity index (χ3v) is 12.4. The first kappa shape index (κ1) is 27.2. The van der Waals surface area contributed by atoms with E-state index in [9.17, 15) is 0 Å². The summed E-state index contributed by atoms with van der Waals surface area (Å²) in [4.78, 5) is 0. The van der Waals surface area contributed by atoms with Crippen LogP contribution in [0.15, 0.2) is 152 Å². The van der Waals surface area contributed by atoms with Crippen LogP contribution in [0.5, 0.6) is 0 Å². The summed E-state index contributed by atoms with van der Waals surface area (Å²) in [6, 6.07) is 56.0. The first-order valence-electron chi connectivity index (χ1n) is 15.8. The fourth-order valence-electron chi connectivity index (χ4n) is 7.47. The Balaban J connectivity index is 1.22. The average molecular weight is 651 g/mol. The molecule has 0 amide bonds. The van der Waals surface area contributed by atoms with E-state index in [1.54, 1.807) is 0 Å². The van der Waals surface area contributed by atoms with Crippen molar-refractivity contribution in [2.24, 2.45) is 0 Å². The monoisotopic (exact) mass is 650 g/mol. The SMILES string of the molecule is P[Si]c1ccc2c3cc4c5ccccc5n(-c5ccc(-c6cccc7c6sc6ccccc67)cc5)c4cc3n(-c3ccccc3)c2c1. The van der Waals surface area contributed by atoms with Crippen LogP contribution in [-0.4, -0.2) is 18.3 Å². The molecular formula is C42H27N2PSSi. The second kappa shape index (κ2) is 10.5. The molecule has 5 heteroatoms. The van der Waals surface area contributed by atoms with E-state index in [0.29, 0.717) is 9.19 Å². The lowest BCUT2D eigenvalue weighted by Gasteiger charge is -2.11. The van der Waals surface area contributed by atoms with Crippen LogP contribution in [-0.2, 0) is 0 Å². The molecule has 0 saturated heterocycles. The van der Waals surface area contributed by atoms with E-state index in [4.69, 9.17) is 0 Å². The van der Waals surface area contributed by atoms with E-state index in [-0.39, 0.29) is 0 Å². The van der Waals surface area contributed by atoms with Crippen molar-refractivity contribution in [1.29, 1.82) is 0 Å². The van der Waals surface area contributed by atoms with Crippen LogP contribution in [0.25, 0.3) is 86.3 Å². The highest BCUT2D eigenvalue weighted by Gasteiger charge is 2.19. The van der Waals surface area contributed by atoms with Crippen molar-refractivity contribution in [3.63, 3.8) is 0 Å². The number of nitrogens with zero attached hydrogens (tertiary/aromatic N) is 2. The molecule has 0 aliphatic rings. The minimum absolute atomic E-state index is 0.669. The molecule has 0 fully saturated rings. The lowest BCUT2D eigenvalue weighted by molar-refractivity contribution is 1.17. The molecule has 1 unspecified atom stereocenters. The van der Waals surface area contributed by atoms with Crippen molar-refractivity contribution in [3.05, 3.63) is 152 Å². The Morgan fingerprint density at radius 3 is 1.89 bits per heavy atom. The quantitative estimate of drug-likeness (QED) is 0.133. The Morgan fingerprint density at radius 2 is 1.09 bits per heavy atom. The van der Waals surface area contributed by atoms with Gasteiger partial charge in [0.05, 0.1) is 22.1 Å². The highest BCUT2D eigenvalue weighted by Crippen LogP contribution is 2.42. The predicted molar refractivity (Wildman–Crippen MR) is 209 cm³/mol. The van der Waals surface area contributed by atoms with Gasteiger partial charge in [-0.25, -0.2) is 0 Å².